The van der Waals surface area contributed by atoms with Crippen LogP contribution in [0.2, 0.25) is 0 Å². The molecule has 0 atom stereocenters. The maximum atomic E-state index is 14.2. The second kappa shape index (κ2) is 11.5. The molecule has 6 aromatic carbocycles. The molecule has 0 aliphatic heterocycles. The normalized spacial score (nSPS) is 12.0. The van der Waals surface area contributed by atoms with E-state index in [0.717, 1.165) is 24.3 Å². The van der Waals surface area contributed by atoms with Crippen LogP contribution in [0.25, 0.3) is 66.1 Å². The fourth-order valence-electron chi connectivity index (χ4n) is 6.99. The van der Waals surface area contributed by atoms with Gasteiger partial charge in [-0.25, -0.2) is 0 Å². The Morgan fingerprint density at radius 1 is 0.442 bits per heavy atom. The number of alkyl halides is 6. The van der Waals surface area contributed by atoms with Crippen molar-refractivity contribution in [3.63, 3.8) is 0 Å². The lowest BCUT2D eigenvalue weighted by molar-refractivity contribution is -0.138. The quantitative estimate of drug-likeness (QED) is 0.173. The molecule has 0 bridgehead atoms. The number of hydrogen-bond donors (Lipinski definition) is 0. The zero-order valence-corrected chi connectivity index (χ0v) is 26.5. The molecule has 0 saturated carbocycles. The minimum absolute atomic E-state index is 0.0485. The molecule has 52 heavy (non-hydrogen) atoms. The molecular formula is C41H19F6N5. The molecule has 2 aromatic heterocycles. The summed E-state index contributed by atoms with van der Waals surface area (Å²) in [7, 11) is 0. The monoisotopic (exact) mass is 695 g/mol. The van der Waals surface area contributed by atoms with Crippen LogP contribution in [0.15, 0.2) is 115 Å². The Hall–Kier alpha value is -7.03. The second-order valence-corrected chi connectivity index (χ2v) is 12.2. The van der Waals surface area contributed by atoms with Gasteiger partial charge in [-0.05, 0) is 72.3 Å². The van der Waals surface area contributed by atoms with Crippen LogP contribution in [0, 0.1) is 34.0 Å². The first-order valence-corrected chi connectivity index (χ1v) is 15.7. The maximum absolute atomic E-state index is 14.2. The smallest absolute Gasteiger partial charge is 0.307 e. The highest BCUT2D eigenvalue weighted by Gasteiger charge is 2.33. The summed E-state index contributed by atoms with van der Waals surface area (Å²) in [6.07, 6.45) is -9.38. The van der Waals surface area contributed by atoms with Crippen molar-refractivity contribution in [1.29, 1.82) is 15.8 Å². The molecule has 2 heterocycles. The molecular weight excluding hydrogens is 676 g/mol. The predicted octanol–water partition coefficient (Wildman–Crippen LogP) is 11.2. The van der Waals surface area contributed by atoms with E-state index >= 15 is 0 Å². The summed E-state index contributed by atoms with van der Waals surface area (Å²) in [6.45, 7) is 0. The molecule has 0 saturated heterocycles. The predicted molar refractivity (Wildman–Crippen MR) is 185 cm³/mol. The number of halogens is 6. The van der Waals surface area contributed by atoms with E-state index in [2.05, 4.69) is 6.07 Å². The van der Waals surface area contributed by atoms with Gasteiger partial charge in [-0.1, -0.05) is 48.5 Å². The number of fused-ring (bicyclic) bond motifs is 6. The van der Waals surface area contributed by atoms with Crippen LogP contribution in [0.5, 0.6) is 0 Å². The van der Waals surface area contributed by atoms with Crippen LogP contribution in [0.1, 0.15) is 27.8 Å². The number of aromatic nitrogens is 2. The van der Waals surface area contributed by atoms with E-state index in [-0.39, 0.29) is 44.7 Å². The third kappa shape index (κ3) is 5.01. The van der Waals surface area contributed by atoms with E-state index in [1.54, 1.807) is 63.7 Å². The molecule has 0 amide bonds. The van der Waals surface area contributed by atoms with E-state index in [1.807, 2.05) is 12.1 Å². The third-order valence-electron chi connectivity index (χ3n) is 9.22. The Morgan fingerprint density at radius 3 is 1.33 bits per heavy atom. The van der Waals surface area contributed by atoms with Gasteiger partial charge in [-0.3, -0.25) is 0 Å². The molecule has 0 fully saturated rings. The van der Waals surface area contributed by atoms with Gasteiger partial charge < -0.3 is 9.13 Å². The number of benzene rings is 6. The zero-order valence-electron chi connectivity index (χ0n) is 26.5. The maximum Gasteiger partial charge on any atom is 0.416 e. The average Bonchev–Trinajstić information content (AvgIpc) is 3.65. The summed E-state index contributed by atoms with van der Waals surface area (Å²) in [5.74, 6) is 0. The van der Waals surface area contributed by atoms with Crippen LogP contribution < -0.4 is 0 Å². The molecule has 8 rings (SSSR count). The van der Waals surface area contributed by atoms with Gasteiger partial charge in [0.1, 0.15) is 0 Å². The van der Waals surface area contributed by atoms with Gasteiger partial charge in [0, 0.05) is 27.1 Å². The first-order valence-electron chi connectivity index (χ1n) is 15.7. The molecule has 0 radical (unpaired) electrons. The minimum atomic E-state index is -4.69. The van der Waals surface area contributed by atoms with Crippen molar-refractivity contribution in [1.82, 2.24) is 9.13 Å². The van der Waals surface area contributed by atoms with Crippen molar-refractivity contribution < 1.29 is 26.3 Å². The van der Waals surface area contributed by atoms with Gasteiger partial charge >= 0.3 is 12.4 Å². The van der Waals surface area contributed by atoms with Gasteiger partial charge in [0.15, 0.2) is 0 Å². The summed E-state index contributed by atoms with van der Waals surface area (Å²) in [5, 5.41) is 32.2. The molecule has 8 aromatic rings. The van der Waals surface area contributed by atoms with E-state index in [4.69, 9.17) is 0 Å². The van der Waals surface area contributed by atoms with Gasteiger partial charge in [-0.2, -0.15) is 42.1 Å². The topological polar surface area (TPSA) is 81.2 Å². The van der Waals surface area contributed by atoms with Crippen molar-refractivity contribution in [3.05, 3.63) is 143 Å². The molecule has 0 aliphatic carbocycles. The minimum Gasteiger partial charge on any atom is -0.307 e. The molecule has 0 spiro atoms. The summed E-state index contributed by atoms with van der Waals surface area (Å²) < 4.78 is 88.4. The van der Waals surface area contributed by atoms with Crippen molar-refractivity contribution in [2.45, 2.75) is 12.4 Å². The highest BCUT2D eigenvalue weighted by Crippen LogP contribution is 2.43. The van der Waals surface area contributed by atoms with Crippen LogP contribution >= 0.6 is 0 Å². The standard InChI is InChI=1S/C41H19F6N5/c42-40(43,44)27-9-11-31-29-5-1-3-7-34(29)51(36(31)17-27)38-16-26(22-50)33(25-14-23(20-48)13-24(15-25)21-49)19-39(38)52-35-8-4-2-6-30(35)32-12-10-28(18-37(32)52)41(45,46)47/h1-19H. The lowest BCUT2D eigenvalue weighted by atomic mass is 9.95. The Kier molecular flexibility index (Phi) is 7.13. The van der Waals surface area contributed by atoms with Crippen LogP contribution in [-0.2, 0) is 12.4 Å². The number of rotatable bonds is 3. The first-order chi connectivity index (χ1) is 24.9. The average molecular weight is 696 g/mol. The Bertz CT molecular complexity index is 2890. The molecule has 0 unspecified atom stereocenters. The zero-order chi connectivity index (χ0) is 36.5. The SMILES string of the molecule is N#Cc1cc(C#N)cc(-c2cc(-n3c4ccccc4c4ccc(C(F)(F)F)cc43)c(-n3c4ccccc4c4ccc(C(F)(F)F)cc43)cc2C#N)c1. The van der Waals surface area contributed by atoms with Gasteiger partial charge in [0.05, 0.1) is 79.5 Å². The van der Waals surface area contributed by atoms with E-state index in [9.17, 15) is 42.1 Å². The third-order valence-corrected chi connectivity index (χ3v) is 9.22. The van der Waals surface area contributed by atoms with Crippen LogP contribution in [-0.4, -0.2) is 9.13 Å². The number of hydrogen-bond acceptors (Lipinski definition) is 3. The second-order valence-electron chi connectivity index (χ2n) is 12.2. The van der Waals surface area contributed by atoms with Crippen molar-refractivity contribution in [2.75, 3.05) is 0 Å². The highest BCUT2D eigenvalue weighted by molar-refractivity contribution is 6.12. The highest BCUT2D eigenvalue weighted by atomic mass is 19.4. The van der Waals surface area contributed by atoms with Crippen molar-refractivity contribution >= 4 is 43.6 Å². The van der Waals surface area contributed by atoms with Gasteiger partial charge in [0.2, 0.25) is 0 Å². The first kappa shape index (κ1) is 32.2. The molecule has 11 heteroatoms. The van der Waals surface area contributed by atoms with E-state index in [1.165, 1.54) is 36.4 Å². The van der Waals surface area contributed by atoms with Crippen molar-refractivity contribution in [2.24, 2.45) is 0 Å². The summed E-state index contributed by atoms with van der Waals surface area (Å²) in [6, 6.07) is 34.3. The number of nitriles is 3. The lowest BCUT2D eigenvalue weighted by Gasteiger charge is -2.20. The fourth-order valence-corrected chi connectivity index (χ4v) is 6.99. The molecule has 0 aliphatic rings. The number of para-hydroxylation sites is 2. The molecule has 5 nitrogen and oxygen atoms in total. The summed E-state index contributed by atoms with van der Waals surface area (Å²) in [4.78, 5) is 0. The number of nitrogens with zero attached hydrogens (tertiary/aromatic N) is 5. The summed E-state index contributed by atoms with van der Waals surface area (Å²) >= 11 is 0. The Morgan fingerprint density at radius 2 is 0.885 bits per heavy atom. The fraction of sp³-hybridized carbons (Fsp3) is 0.0488. The Balaban J connectivity index is 1.60. The van der Waals surface area contributed by atoms with E-state index in [0.29, 0.717) is 38.1 Å². The summed E-state index contributed by atoms with van der Waals surface area (Å²) in [5.41, 5.74) is 0.821. The lowest BCUT2D eigenvalue weighted by Crippen LogP contribution is -2.08. The molecule has 250 valence electrons. The van der Waals surface area contributed by atoms with Crippen LogP contribution in [0.4, 0.5) is 26.3 Å². The molecule has 0 N–H and O–H groups in total. The van der Waals surface area contributed by atoms with Crippen LogP contribution in [0.3, 0.4) is 0 Å². The van der Waals surface area contributed by atoms with Crippen molar-refractivity contribution in [3.8, 4) is 40.7 Å². The van der Waals surface area contributed by atoms with Gasteiger partial charge in [-0.15, -0.1) is 0 Å². The largest absolute Gasteiger partial charge is 0.416 e. The van der Waals surface area contributed by atoms with Gasteiger partial charge in [0.25, 0.3) is 0 Å². The van der Waals surface area contributed by atoms with E-state index < -0.39 is 23.5 Å². The Labute approximate surface area is 290 Å².